The van der Waals surface area contributed by atoms with Crippen molar-refractivity contribution in [1.29, 1.82) is 0 Å². The van der Waals surface area contributed by atoms with E-state index >= 15 is 0 Å². The molecule has 1 unspecified atom stereocenters. The number of thiophene rings is 1. The fourth-order valence-corrected chi connectivity index (χ4v) is 5.12. The van der Waals surface area contributed by atoms with Gasteiger partial charge in [-0.05, 0) is 60.7 Å². The van der Waals surface area contributed by atoms with Gasteiger partial charge in [0.2, 0.25) is 0 Å². The second-order valence-corrected chi connectivity index (χ2v) is 8.77. The maximum absolute atomic E-state index is 6.20. The van der Waals surface area contributed by atoms with Crippen LogP contribution in [0.3, 0.4) is 0 Å². The molecule has 2 aromatic heterocycles. The van der Waals surface area contributed by atoms with Crippen LogP contribution in [0.4, 0.5) is 0 Å². The third-order valence-electron chi connectivity index (χ3n) is 5.62. The number of likely N-dealkylation sites (tertiary alicyclic amines) is 1. The second kappa shape index (κ2) is 8.17. The third kappa shape index (κ3) is 4.34. The van der Waals surface area contributed by atoms with Gasteiger partial charge in [-0.2, -0.15) is 0 Å². The second-order valence-electron chi connectivity index (χ2n) is 7.76. The lowest BCUT2D eigenvalue weighted by Crippen LogP contribution is -2.64. The van der Waals surface area contributed by atoms with Crippen LogP contribution in [-0.4, -0.2) is 41.8 Å². The van der Waals surface area contributed by atoms with Crippen LogP contribution < -0.4 is 0 Å². The number of hydrogen-bond donors (Lipinski definition) is 0. The quantitative estimate of drug-likeness (QED) is 0.687. The van der Waals surface area contributed by atoms with E-state index in [0.29, 0.717) is 6.61 Å². The fourth-order valence-electron chi connectivity index (χ4n) is 4.17. The van der Waals surface area contributed by atoms with Crippen LogP contribution >= 0.6 is 11.3 Å². The molecule has 5 heteroatoms. The molecule has 2 aliphatic rings. The van der Waals surface area contributed by atoms with Crippen LogP contribution in [0.5, 0.6) is 0 Å². The molecule has 4 heterocycles. The minimum atomic E-state index is 0.109. The van der Waals surface area contributed by atoms with Gasteiger partial charge < -0.3 is 9.47 Å². The Morgan fingerprint density at radius 1 is 1.38 bits per heavy atom. The summed E-state index contributed by atoms with van der Waals surface area (Å²) in [6.45, 7) is 7.84. The summed E-state index contributed by atoms with van der Waals surface area (Å²) in [4.78, 5) is 8.15. The highest BCUT2D eigenvalue weighted by atomic mass is 32.1. The van der Waals surface area contributed by atoms with Crippen molar-refractivity contribution in [3.05, 3.63) is 52.0 Å². The zero-order chi connectivity index (χ0) is 17.8. The van der Waals surface area contributed by atoms with Crippen molar-refractivity contribution in [1.82, 2.24) is 9.88 Å². The van der Waals surface area contributed by atoms with E-state index < -0.39 is 0 Å². The van der Waals surface area contributed by atoms with Gasteiger partial charge in [-0.1, -0.05) is 6.07 Å². The summed E-state index contributed by atoms with van der Waals surface area (Å²) in [5, 5.41) is 2.19. The topological polar surface area (TPSA) is 34.6 Å². The Balaban J connectivity index is 1.18. The van der Waals surface area contributed by atoms with Crippen LogP contribution in [0.25, 0.3) is 0 Å². The van der Waals surface area contributed by atoms with Crippen molar-refractivity contribution in [2.75, 3.05) is 26.3 Å². The molecule has 2 saturated heterocycles. The summed E-state index contributed by atoms with van der Waals surface area (Å²) in [5.41, 5.74) is 2.68. The van der Waals surface area contributed by atoms with Gasteiger partial charge in [-0.15, -0.1) is 11.3 Å². The standard InChI is InChI=1S/C21H28N2O2S/c1-17-6-10-26-20(17)13-23-15-21(16-23)11-18(5-9-25-21)4-8-24-14-19-3-2-7-22-12-19/h2-3,6-7,10,12,18H,4-5,8-9,11,13-16H2,1H3. The van der Waals surface area contributed by atoms with Gasteiger partial charge in [-0.25, -0.2) is 0 Å². The maximum atomic E-state index is 6.20. The zero-order valence-electron chi connectivity index (χ0n) is 15.5. The van der Waals surface area contributed by atoms with Crippen molar-refractivity contribution in [3.8, 4) is 0 Å². The molecule has 0 N–H and O–H groups in total. The Labute approximate surface area is 160 Å². The Kier molecular flexibility index (Phi) is 5.69. The highest BCUT2D eigenvalue weighted by molar-refractivity contribution is 7.10. The van der Waals surface area contributed by atoms with E-state index in [9.17, 15) is 0 Å². The number of ether oxygens (including phenoxy) is 2. The summed E-state index contributed by atoms with van der Waals surface area (Å²) in [6.07, 6.45) is 7.16. The largest absolute Gasteiger partial charge is 0.377 e. The Morgan fingerprint density at radius 3 is 3.08 bits per heavy atom. The molecule has 26 heavy (non-hydrogen) atoms. The first kappa shape index (κ1) is 18.1. The molecule has 0 aliphatic carbocycles. The molecule has 2 fully saturated rings. The van der Waals surface area contributed by atoms with Crippen LogP contribution in [0.2, 0.25) is 0 Å². The summed E-state index contributed by atoms with van der Waals surface area (Å²) in [5.74, 6) is 0.725. The average molecular weight is 373 g/mol. The Hall–Kier alpha value is -1.27. The normalized spacial score (nSPS) is 22.4. The molecule has 4 nitrogen and oxygen atoms in total. The third-order valence-corrected chi connectivity index (χ3v) is 6.62. The molecule has 1 spiro atoms. The Bertz CT molecular complexity index is 697. The van der Waals surface area contributed by atoms with E-state index in [1.54, 1.807) is 6.20 Å². The molecule has 0 saturated carbocycles. The highest BCUT2D eigenvalue weighted by Gasteiger charge is 2.47. The molecule has 0 amide bonds. The summed E-state index contributed by atoms with van der Waals surface area (Å²) < 4.78 is 12.1. The van der Waals surface area contributed by atoms with Crippen LogP contribution in [-0.2, 0) is 22.6 Å². The predicted octanol–water partition coefficient (Wildman–Crippen LogP) is 4.04. The molecule has 1 atom stereocenters. The van der Waals surface area contributed by atoms with Gasteiger partial charge in [0.25, 0.3) is 0 Å². The molecule has 4 rings (SSSR count). The zero-order valence-corrected chi connectivity index (χ0v) is 16.3. The lowest BCUT2D eigenvalue weighted by Gasteiger charge is -2.53. The first-order valence-corrected chi connectivity index (χ1v) is 10.5. The van der Waals surface area contributed by atoms with Crippen molar-refractivity contribution in [2.45, 2.75) is 44.9 Å². The van der Waals surface area contributed by atoms with Crippen molar-refractivity contribution in [3.63, 3.8) is 0 Å². The van der Waals surface area contributed by atoms with Gasteiger partial charge >= 0.3 is 0 Å². The number of aromatic nitrogens is 1. The maximum Gasteiger partial charge on any atom is 0.0937 e. The predicted molar refractivity (Wildman–Crippen MR) is 104 cm³/mol. The van der Waals surface area contributed by atoms with E-state index in [0.717, 1.165) is 50.8 Å². The molecule has 0 radical (unpaired) electrons. The van der Waals surface area contributed by atoms with Gasteiger partial charge in [0.15, 0.2) is 0 Å². The molecule has 2 aliphatic heterocycles. The number of rotatable bonds is 7. The van der Waals surface area contributed by atoms with E-state index in [-0.39, 0.29) is 5.60 Å². The lowest BCUT2D eigenvalue weighted by atomic mass is 9.79. The van der Waals surface area contributed by atoms with Crippen LogP contribution in [0.1, 0.15) is 35.3 Å². The van der Waals surface area contributed by atoms with Crippen molar-refractivity contribution >= 4 is 11.3 Å². The SMILES string of the molecule is Cc1ccsc1CN1CC2(CC(CCOCc3cccnc3)CCO2)C1. The molecule has 140 valence electrons. The van der Waals surface area contributed by atoms with Gasteiger partial charge in [0.1, 0.15) is 0 Å². The monoisotopic (exact) mass is 372 g/mol. The molecular formula is C21H28N2O2S. The fraction of sp³-hybridized carbons (Fsp3) is 0.571. The lowest BCUT2D eigenvalue weighted by molar-refractivity contribution is -0.182. The van der Waals surface area contributed by atoms with E-state index in [1.807, 2.05) is 23.6 Å². The van der Waals surface area contributed by atoms with E-state index in [1.165, 1.54) is 23.3 Å². The first-order chi connectivity index (χ1) is 12.7. The molecular weight excluding hydrogens is 344 g/mol. The summed E-state index contributed by atoms with van der Waals surface area (Å²) in [6, 6.07) is 6.24. The number of hydrogen-bond acceptors (Lipinski definition) is 5. The van der Waals surface area contributed by atoms with Gasteiger partial charge in [-0.3, -0.25) is 9.88 Å². The summed E-state index contributed by atoms with van der Waals surface area (Å²) >= 11 is 1.87. The minimum absolute atomic E-state index is 0.109. The van der Waals surface area contributed by atoms with E-state index in [2.05, 4.69) is 34.3 Å². The summed E-state index contributed by atoms with van der Waals surface area (Å²) in [7, 11) is 0. The highest BCUT2D eigenvalue weighted by Crippen LogP contribution is 2.39. The van der Waals surface area contributed by atoms with E-state index in [4.69, 9.17) is 9.47 Å². The number of pyridine rings is 1. The van der Waals surface area contributed by atoms with Gasteiger partial charge in [0.05, 0.1) is 12.2 Å². The van der Waals surface area contributed by atoms with Crippen LogP contribution in [0, 0.1) is 12.8 Å². The molecule has 2 aromatic rings. The molecule has 0 bridgehead atoms. The smallest absolute Gasteiger partial charge is 0.0937 e. The van der Waals surface area contributed by atoms with Gasteiger partial charge in [0, 0.05) is 50.1 Å². The Morgan fingerprint density at radius 2 is 2.31 bits per heavy atom. The number of aryl methyl sites for hydroxylation is 1. The van der Waals surface area contributed by atoms with Crippen LogP contribution in [0.15, 0.2) is 36.0 Å². The number of nitrogens with zero attached hydrogens (tertiary/aromatic N) is 2. The van der Waals surface area contributed by atoms with Crippen molar-refractivity contribution in [2.24, 2.45) is 5.92 Å². The van der Waals surface area contributed by atoms with Crippen molar-refractivity contribution < 1.29 is 9.47 Å². The minimum Gasteiger partial charge on any atom is -0.377 e. The first-order valence-electron chi connectivity index (χ1n) is 9.58. The average Bonchev–Trinajstić information content (AvgIpc) is 3.04. The molecule has 0 aromatic carbocycles.